The van der Waals surface area contributed by atoms with E-state index in [-0.39, 0.29) is 47.3 Å². The van der Waals surface area contributed by atoms with Gasteiger partial charge >= 0.3 is 0 Å². The highest BCUT2D eigenvalue weighted by Gasteiger charge is 2.30. The molecule has 0 atom stereocenters. The Bertz CT molecular complexity index is 1420. The number of primary amides is 1. The molecule has 1 aliphatic carbocycles. The Kier molecular flexibility index (Phi) is 6.85. The summed E-state index contributed by atoms with van der Waals surface area (Å²) in [5, 5.41) is 17.4. The number of nitrogens with one attached hydrogen (secondary N) is 2. The highest BCUT2D eigenvalue weighted by molar-refractivity contribution is 7.88. The molecule has 1 aliphatic rings. The third kappa shape index (κ3) is 5.58. The number of aromatic nitrogens is 4. The molecule has 2 aromatic heterocycles. The maximum atomic E-state index is 12.1. The van der Waals surface area contributed by atoms with Crippen LogP contribution in [0.4, 0.5) is 17.2 Å². The van der Waals surface area contributed by atoms with E-state index in [2.05, 4.69) is 31.0 Å². The number of benzene rings is 1. The predicted octanol–water partition coefficient (Wildman–Crippen LogP) is 1.12. The topological polar surface area (TPSA) is 196 Å². The van der Waals surface area contributed by atoms with Gasteiger partial charge in [-0.2, -0.15) is 9.29 Å². The standard InChI is InChI=1S/C21H24N8O6S/c1-29(36(3,32)33)10-16-25-20(28-35-16)12-5-4-6-13(18(12)34-2)23-14-9-15(24-21(31)11-7-8-11)26-27-17(14)19(22)30/h4-6,9,11H,7-8,10H2,1-3H3,(H2,22,30)(H2,23,24,26,31). The maximum Gasteiger partial charge on any atom is 0.271 e. The van der Waals surface area contributed by atoms with Crippen molar-refractivity contribution in [1.29, 1.82) is 0 Å². The lowest BCUT2D eigenvalue weighted by molar-refractivity contribution is -0.117. The molecule has 1 fully saturated rings. The SMILES string of the molecule is COc1c(Nc2cc(NC(=O)C3CC3)nnc2C(N)=O)cccc1-c1noc(CN(C)S(C)(=O)=O)n1. The molecule has 0 bridgehead atoms. The Morgan fingerprint density at radius 1 is 1.25 bits per heavy atom. The smallest absolute Gasteiger partial charge is 0.271 e. The number of hydrogen-bond acceptors (Lipinski definition) is 11. The summed E-state index contributed by atoms with van der Waals surface area (Å²) in [6.45, 7) is -0.105. The van der Waals surface area contributed by atoms with Gasteiger partial charge in [-0.05, 0) is 25.0 Å². The van der Waals surface area contributed by atoms with Crippen molar-refractivity contribution < 1.29 is 27.3 Å². The van der Waals surface area contributed by atoms with Crippen LogP contribution in [0.15, 0.2) is 28.8 Å². The fourth-order valence-electron chi connectivity index (χ4n) is 3.22. The van der Waals surface area contributed by atoms with Crippen LogP contribution in [0, 0.1) is 5.92 Å². The first-order valence-corrected chi connectivity index (χ1v) is 12.6. The molecule has 2 heterocycles. The van der Waals surface area contributed by atoms with Gasteiger partial charge in [0.25, 0.3) is 5.91 Å². The second-order valence-corrected chi connectivity index (χ2v) is 10.3. The van der Waals surface area contributed by atoms with Crippen LogP contribution in [-0.4, -0.2) is 65.3 Å². The summed E-state index contributed by atoms with van der Waals surface area (Å²) in [4.78, 5) is 28.3. The first-order chi connectivity index (χ1) is 17.1. The van der Waals surface area contributed by atoms with Gasteiger partial charge in [0.15, 0.2) is 17.3 Å². The number of anilines is 3. The first-order valence-electron chi connectivity index (χ1n) is 10.7. The van der Waals surface area contributed by atoms with Gasteiger partial charge in [-0.3, -0.25) is 9.59 Å². The summed E-state index contributed by atoms with van der Waals surface area (Å²) >= 11 is 0. The van der Waals surface area contributed by atoms with E-state index in [1.165, 1.54) is 20.2 Å². The van der Waals surface area contributed by atoms with Gasteiger partial charge in [-0.25, -0.2) is 8.42 Å². The Morgan fingerprint density at radius 2 is 2.00 bits per heavy atom. The lowest BCUT2D eigenvalue weighted by Crippen LogP contribution is -2.25. The van der Waals surface area contributed by atoms with E-state index in [0.717, 1.165) is 23.4 Å². The van der Waals surface area contributed by atoms with Gasteiger partial charge in [0.05, 0.1) is 36.8 Å². The molecule has 14 nitrogen and oxygen atoms in total. The van der Waals surface area contributed by atoms with Crippen molar-refractivity contribution in [2.45, 2.75) is 19.4 Å². The molecule has 15 heteroatoms. The average Bonchev–Trinajstić information content (AvgIpc) is 3.57. The van der Waals surface area contributed by atoms with Crippen LogP contribution in [-0.2, 0) is 21.4 Å². The van der Waals surface area contributed by atoms with Gasteiger partial charge < -0.3 is 25.6 Å². The number of sulfonamides is 1. The summed E-state index contributed by atoms with van der Waals surface area (Å²) < 4.78 is 35.2. The number of para-hydroxylation sites is 1. The van der Waals surface area contributed by atoms with Crippen LogP contribution < -0.4 is 21.1 Å². The minimum atomic E-state index is -3.44. The largest absolute Gasteiger partial charge is 0.494 e. The zero-order valence-electron chi connectivity index (χ0n) is 19.7. The molecule has 190 valence electrons. The van der Waals surface area contributed by atoms with Gasteiger partial charge in [-0.1, -0.05) is 11.2 Å². The molecule has 2 amide bonds. The summed E-state index contributed by atoms with van der Waals surface area (Å²) in [7, 11) is -0.611. The number of nitrogens with two attached hydrogens (primary N) is 1. The van der Waals surface area contributed by atoms with E-state index in [0.29, 0.717) is 17.0 Å². The minimum Gasteiger partial charge on any atom is -0.494 e. The molecule has 36 heavy (non-hydrogen) atoms. The van der Waals surface area contributed by atoms with Crippen LogP contribution in [0.25, 0.3) is 11.4 Å². The van der Waals surface area contributed by atoms with Crippen molar-refractivity contribution in [3.8, 4) is 17.1 Å². The molecule has 1 aromatic carbocycles. The zero-order valence-corrected chi connectivity index (χ0v) is 20.5. The Balaban J connectivity index is 1.64. The van der Waals surface area contributed by atoms with Crippen molar-refractivity contribution in [3.63, 3.8) is 0 Å². The molecule has 0 spiro atoms. The Labute approximate surface area is 206 Å². The normalized spacial score (nSPS) is 13.4. The Morgan fingerprint density at radius 3 is 2.64 bits per heavy atom. The van der Waals surface area contributed by atoms with E-state index < -0.39 is 15.9 Å². The van der Waals surface area contributed by atoms with Crippen molar-refractivity contribution >= 4 is 39.0 Å². The molecule has 4 rings (SSSR count). The van der Waals surface area contributed by atoms with Crippen molar-refractivity contribution in [2.75, 3.05) is 31.0 Å². The molecule has 0 unspecified atom stereocenters. The number of ether oxygens (including phenoxy) is 1. The summed E-state index contributed by atoms with van der Waals surface area (Å²) in [6.07, 6.45) is 2.70. The lowest BCUT2D eigenvalue weighted by Gasteiger charge is -2.15. The quantitative estimate of drug-likeness (QED) is 0.349. The third-order valence-corrected chi connectivity index (χ3v) is 6.61. The molecule has 0 saturated heterocycles. The second-order valence-electron chi connectivity index (χ2n) is 8.16. The molecule has 3 aromatic rings. The van der Waals surface area contributed by atoms with Gasteiger partial charge in [0.2, 0.25) is 27.6 Å². The minimum absolute atomic E-state index is 0.0483. The van der Waals surface area contributed by atoms with Gasteiger partial charge in [0, 0.05) is 19.0 Å². The highest BCUT2D eigenvalue weighted by Crippen LogP contribution is 2.37. The molecule has 0 radical (unpaired) electrons. The predicted molar refractivity (Wildman–Crippen MR) is 128 cm³/mol. The number of rotatable bonds is 10. The number of hydrogen-bond donors (Lipinski definition) is 3. The lowest BCUT2D eigenvalue weighted by atomic mass is 10.1. The number of carbonyl (C=O) groups is 2. The molecule has 1 saturated carbocycles. The fraction of sp³-hybridized carbons (Fsp3) is 0.333. The fourth-order valence-corrected chi connectivity index (χ4v) is 3.56. The molecular formula is C21H24N8O6S. The monoisotopic (exact) mass is 516 g/mol. The molecule has 0 aliphatic heterocycles. The average molecular weight is 517 g/mol. The van der Waals surface area contributed by atoms with E-state index in [1.807, 2.05) is 0 Å². The van der Waals surface area contributed by atoms with Crippen LogP contribution in [0.1, 0.15) is 29.2 Å². The highest BCUT2D eigenvalue weighted by atomic mass is 32.2. The summed E-state index contributed by atoms with van der Waals surface area (Å²) in [5.74, 6) is -0.331. The maximum absolute atomic E-state index is 12.1. The molecule has 4 N–H and O–H groups in total. The van der Waals surface area contributed by atoms with E-state index in [9.17, 15) is 18.0 Å². The van der Waals surface area contributed by atoms with Gasteiger partial charge in [-0.15, -0.1) is 10.2 Å². The van der Waals surface area contributed by atoms with Crippen molar-refractivity contribution in [2.24, 2.45) is 11.7 Å². The number of amides is 2. The molecular weight excluding hydrogens is 492 g/mol. The van der Waals surface area contributed by atoms with Crippen molar-refractivity contribution in [3.05, 3.63) is 35.9 Å². The number of nitrogens with zero attached hydrogens (tertiary/aromatic N) is 5. The third-order valence-electron chi connectivity index (χ3n) is 5.35. The van der Waals surface area contributed by atoms with Crippen LogP contribution >= 0.6 is 0 Å². The van der Waals surface area contributed by atoms with Crippen molar-refractivity contribution in [1.82, 2.24) is 24.6 Å². The number of carbonyl (C=O) groups excluding carboxylic acids is 2. The summed E-state index contributed by atoms with van der Waals surface area (Å²) in [6, 6.07) is 6.49. The van der Waals surface area contributed by atoms with E-state index >= 15 is 0 Å². The van der Waals surface area contributed by atoms with Crippen LogP contribution in [0.5, 0.6) is 5.75 Å². The van der Waals surface area contributed by atoms with Crippen LogP contribution in [0.3, 0.4) is 0 Å². The second kappa shape index (κ2) is 9.87. The Hall–Kier alpha value is -4.11. The first kappa shape index (κ1) is 25.0. The van der Waals surface area contributed by atoms with Crippen LogP contribution in [0.2, 0.25) is 0 Å². The summed E-state index contributed by atoms with van der Waals surface area (Å²) in [5.41, 5.74) is 6.36. The van der Waals surface area contributed by atoms with E-state index in [1.54, 1.807) is 18.2 Å². The van der Waals surface area contributed by atoms with E-state index in [4.69, 9.17) is 15.0 Å². The number of methoxy groups -OCH3 is 1. The zero-order chi connectivity index (χ0) is 26.0. The van der Waals surface area contributed by atoms with Gasteiger partial charge in [0.1, 0.15) is 0 Å².